The van der Waals surface area contributed by atoms with Crippen molar-refractivity contribution in [2.24, 2.45) is 0 Å². The van der Waals surface area contributed by atoms with Crippen LogP contribution in [0.5, 0.6) is 0 Å². The molecular formula is C51H30F5N3. The third-order valence-corrected chi connectivity index (χ3v) is 11.2. The van der Waals surface area contributed by atoms with E-state index in [1.165, 1.54) is 12.1 Å². The summed E-state index contributed by atoms with van der Waals surface area (Å²) in [5, 5.41) is 14.6. The molecule has 0 N–H and O–H groups in total. The number of aromatic nitrogens is 2. The second kappa shape index (κ2) is 13.6. The second-order valence-corrected chi connectivity index (χ2v) is 14.9. The van der Waals surface area contributed by atoms with Crippen LogP contribution in [0, 0.1) is 54.3 Å². The molecule has 10 aromatic rings. The van der Waals surface area contributed by atoms with E-state index in [-0.39, 0.29) is 22.5 Å². The van der Waals surface area contributed by atoms with E-state index >= 15 is 17.6 Å². The lowest BCUT2D eigenvalue weighted by molar-refractivity contribution is 0.381. The van der Waals surface area contributed by atoms with Crippen LogP contribution in [0.4, 0.5) is 22.0 Å². The highest BCUT2D eigenvalue weighted by Gasteiger charge is 2.29. The standard InChI is InChI=1S/C51H30F5N3/c1-28-9-7-11-30(21-28)32-17-19-42-37(23-32)35-13-3-5-15-40(35)58(42)44-25-34(46-47(52)49(54)51(56)50(55)48(46)53)26-45(39(44)27-57)59-41-16-6-4-14-36(41)38-24-33(18-20-43(38)59)31-12-8-10-29(2)22-31/h3-26H,1-2H3. The molecule has 0 unspecified atom stereocenters. The van der Waals surface area contributed by atoms with Gasteiger partial charge in [-0.15, -0.1) is 0 Å². The lowest BCUT2D eigenvalue weighted by atomic mass is 9.98. The summed E-state index contributed by atoms with van der Waals surface area (Å²) in [6.07, 6.45) is 0. The average Bonchev–Trinajstić information content (AvgIpc) is 3.77. The fourth-order valence-corrected chi connectivity index (χ4v) is 8.56. The number of nitriles is 1. The third-order valence-electron chi connectivity index (χ3n) is 11.2. The zero-order chi connectivity index (χ0) is 40.7. The lowest BCUT2D eigenvalue weighted by Crippen LogP contribution is -2.08. The van der Waals surface area contributed by atoms with Gasteiger partial charge in [0.2, 0.25) is 5.82 Å². The van der Waals surface area contributed by atoms with Gasteiger partial charge in [0, 0.05) is 21.5 Å². The average molecular weight is 780 g/mol. The number of nitrogens with zero attached hydrogens (tertiary/aromatic N) is 3. The Kier molecular flexibility index (Phi) is 8.25. The summed E-state index contributed by atoms with van der Waals surface area (Å²) in [4.78, 5) is 0. The van der Waals surface area contributed by atoms with Crippen molar-refractivity contribution in [2.45, 2.75) is 13.8 Å². The monoisotopic (exact) mass is 779 g/mol. The summed E-state index contributed by atoms with van der Waals surface area (Å²) in [5.41, 5.74) is 7.91. The summed E-state index contributed by atoms with van der Waals surface area (Å²) < 4.78 is 80.0. The first kappa shape index (κ1) is 35.9. The molecule has 8 aromatic carbocycles. The summed E-state index contributed by atoms with van der Waals surface area (Å²) in [7, 11) is 0. The number of aryl methyl sites for hydroxylation is 2. The van der Waals surface area contributed by atoms with Crippen LogP contribution in [0.25, 0.3) is 88.4 Å². The third kappa shape index (κ3) is 5.53. The highest BCUT2D eigenvalue weighted by Crippen LogP contribution is 2.43. The molecule has 0 fully saturated rings. The molecule has 8 heteroatoms. The van der Waals surface area contributed by atoms with E-state index in [1.54, 1.807) is 0 Å². The molecule has 59 heavy (non-hydrogen) atoms. The Hall–Kier alpha value is -7.50. The van der Waals surface area contributed by atoms with Crippen molar-refractivity contribution in [3.05, 3.63) is 191 Å². The van der Waals surface area contributed by atoms with Gasteiger partial charge < -0.3 is 9.13 Å². The van der Waals surface area contributed by atoms with Crippen LogP contribution in [0.15, 0.2) is 146 Å². The van der Waals surface area contributed by atoms with Crippen LogP contribution >= 0.6 is 0 Å². The van der Waals surface area contributed by atoms with E-state index in [1.807, 2.05) is 132 Å². The maximum atomic E-state index is 15.9. The van der Waals surface area contributed by atoms with E-state index in [4.69, 9.17) is 0 Å². The van der Waals surface area contributed by atoms with Crippen LogP contribution in [-0.4, -0.2) is 9.13 Å². The Morgan fingerprint density at radius 2 is 0.797 bits per heavy atom. The van der Waals surface area contributed by atoms with E-state index in [0.29, 0.717) is 22.1 Å². The molecule has 0 atom stereocenters. The first-order valence-corrected chi connectivity index (χ1v) is 18.9. The normalized spacial score (nSPS) is 11.6. The van der Waals surface area contributed by atoms with Gasteiger partial charge in [-0.05, 0) is 90.2 Å². The fourth-order valence-electron chi connectivity index (χ4n) is 8.56. The van der Waals surface area contributed by atoms with Crippen molar-refractivity contribution < 1.29 is 22.0 Å². The van der Waals surface area contributed by atoms with Gasteiger partial charge in [0.1, 0.15) is 11.6 Å². The highest BCUT2D eigenvalue weighted by atomic mass is 19.2. The molecule has 0 bridgehead atoms. The van der Waals surface area contributed by atoms with Crippen molar-refractivity contribution in [1.29, 1.82) is 5.26 Å². The molecule has 3 nitrogen and oxygen atoms in total. The maximum Gasteiger partial charge on any atom is 0.200 e. The summed E-state index contributed by atoms with van der Waals surface area (Å²) in [6.45, 7) is 4.04. The minimum atomic E-state index is -2.25. The summed E-state index contributed by atoms with van der Waals surface area (Å²) in [5.74, 6) is -10.3. The molecule has 284 valence electrons. The SMILES string of the molecule is Cc1cccc(-c2ccc3c(c2)c2ccccc2n3-c2cc(-c3c(F)c(F)c(F)c(F)c3F)cc(-n3c4ccccc4c4cc(-c5cccc(C)c5)ccc43)c2C#N)c1. The molecule has 0 aliphatic rings. The zero-order valence-corrected chi connectivity index (χ0v) is 31.6. The molecule has 0 saturated heterocycles. The van der Waals surface area contributed by atoms with Gasteiger partial charge in [0.25, 0.3) is 0 Å². The largest absolute Gasteiger partial charge is 0.308 e. The first-order chi connectivity index (χ1) is 28.6. The summed E-state index contributed by atoms with van der Waals surface area (Å²) in [6, 6.07) is 48.3. The maximum absolute atomic E-state index is 15.9. The number of fused-ring (bicyclic) bond motifs is 6. The van der Waals surface area contributed by atoms with Gasteiger partial charge in [-0.1, -0.05) is 108 Å². The van der Waals surface area contributed by atoms with Crippen molar-refractivity contribution >= 4 is 43.6 Å². The second-order valence-electron chi connectivity index (χ2n) is 14.9. The zero-order valence-electron chi connectivity index (χ0n) is 31.6. The van der Waals surface area contributed by atoms with Crippen molar-refractivity contribution in [3.63, 3.8) is 0 Å². The van der Waals surface area contributed by atoms with Crippen LogP contribution in [0.3, 0.4) is 0 Å². The number of para-hydroxylation sites is 2. The van der Waals surface area contributed by atoms with E-state index in [9.17, 15) is 9.65 Å². The van der Waals surface area contributed by atoms with Crippen molar-refractivity contribution in [1.82, 2.24) is 9.13 Å². The highest BCUT2D eigenvalue weighted by molar-refractivity contribution is 6.12. The van der Waals surface area contributed by atoms with E-state index in [0.717, 1.165) is 54.9 Å². The van der Waals surface area contributed by atoms with Gasteiger partial charge in [-0.3, -0.25) is 0 Å². The molecule has 0 spiro atoms. The molecule has 10 rings (SSSR count). The Labute approximate surface area is 335 Å². The number of rotatable bonds is 5. The molecule has 2 heterocycles. The van der Waals surface area contributed by atoms with Crippen LogP contribution in [0.1, 0.15) is 16.7 Å². The number of hydrogen-bond acceptors (Lipinski definition) is 1. The van der Waals surface area contributed by atoms with Crippen LogP contribution < -0.4 is 0 Å². The fraction of sp³-hybridized carbons (Fsp3) is 0.0392. The smallest absolute Gasteiger partial charge is 0.200 e. The molecule has 2 aromatic heterocycles. The minimum absolute atomic E-state index is 0.119. The molecule has 0 saturated carbocycles. The lowest BCUT2D eigenvalue weighted by Gasteiger charge is -2.19. The topological polar surface area (TPSA) is 33.6 Å². The van der Waals surface area contributed by atoms with Crippen LogP contribution in [0.2, 0.25) is 0 Å². The van der Waals surface area contributed by atoms with Crippen molar-refractivity contribution in [3.8, 4) is 50.8 Å². The van der Waals surface area contributed by atoms with E-state index < -0.39 is 34.6 Å². The Bertz CT molecular complexity index is 3230. The van der Waals surface area contributed by atoms with Crippen molar-refractivity contribution in [2.75, 3.05) is 0 Å². The van der Waals surface area contributed by atoms with Gasteiger partial charge in [0.15, 0.2) is 23.3 Å². The van der Waals surface area contributed by atoms with Gasteiger partial charge >= 0.3 is 0 Å². The van der Waals surface area contributed by atoms with Gasteiger partial charge in [-0.2, -0.15) is 5.26 Å². The molecule has 0 radical (unpaired) electrons. The first-order valence-electron chi connectivity index (χ1n) is 18.9. The van der Waals surface area contributed by atoms with E-state index in [2.05, 4.69) is 30.3 Å². The Balaban J connectivity index is 1.33. The molecule has 0 aliphatic heterocycles. The molecular weight excluding hydrogens is 750 g/mol. The Morgan fingerprint density at radius 3 is 1.24 bits per heavy atom. The molecule has 0 aliphatic carbocycles. The predicted molar refractivity (Wildman–Crippen MR) is 225 cm³/mol. The Morgan fingerprint density at radius 1 is 0.390 bits per heavy atom. The minimum Gasteiger partial charge on any atom is -0.308 e. The number of halogens is 5. The summed E-state index contributed by atoms with van der Waals surface area (Å²) >= 11 is 0. The number of hydrogen-bond donors (Lipinski definition) is 0. The quantitative estimate of drug-likeness (QED) is 0.0973. The number of benzene rings is 8. The van der Waals surface area contributed by atoms with Gasteiger partial charge in [0.05, 0.1) is 39.0 Å². The molecule has 0 amide bonds. The van der Waals surface area contributed by atoms with Gasteiger partial charge in [-0.25, -0.2) is 22.0 Å². The van der Waals surface area contributed by atoms with Crippen LogP contribution in [-0.2, 0) is 0 Å². The predicted octanol–water partition coefficient (Wildman–Crippen LogP) is 14.1.